The first-order valence-electron chi connectivity index (χ1n) is 16.0. The Morgan fingerprint density at radius 3 is 2.04 bits per heavy atom. The van der Waals surface area contributed by atoms with Crippen LogP contribution in [-0.4, -0.2) is 23.5 Å². The molecular formula is C39H35NO5. The zero-order chi connectivity index (χ0) is 32.6. The molecule has 0 saturated carbocycles. The molecule has 5 aromatic carbocycles. The molecule has 1 saturated heterocycles. The van der Waals surface area contributed by atoms with E-state index in [4.69, 9.17) is 17.0 Å². The van der Waals surface area contributed by atoms with Crippen LogP contribution < -0.4 is 4.74 Å². The molecule has 2 atom stereocenters. The molecule has 226 valence electrons. The van der Waals surface area contributed by atoms with Crippen LogP contribution in [0.3, 0.4) is 0 Å². The lowest BCUT2D eigenvalue weighted by Crippen LogP contribution is -2.35. The summed E-state index contributed by atoms with van der Waals surface area (Å²) in [6.45, 7) is -1.72. The van der Waals surface area contributed by atoms with E-state index >= 15 is 0 Å². The van der Waals surface area contributed by atoms with Crippen LogP contribution in [-0.2, 0) is 34.0 Å². The van der Waals surface area contributed by atoms with Gasteiger partial charge in [0.25, 0.3) is 0 Å². The van der Waals surface area contributed by atoms with Crippen LogP contribution >= 0.6 is 0 Å². The SMILES string of the molecule is [2H]C([2H])(OCc1ccccc1)c1ccc(OCc2ccccc2)c([C@H](CC(=O)N2C(=O)OC[C@H]2c2ccccc2)c2ccccc2)c1. The van der Waals surface area contributed by atoms with Gasteiger partial charge in [0.1, 0.15) is 25.0 Å². The minimum Gasteiger partial charge on any atom is -0.489 e. The number of carbonyl (C=O) groups excluding carboxylic acids is 2. The van der Waals surface area contributed by atoms with Crippen molar-refractivity contribution in [2.75, 3.05) is 6.61 Å². The largest absolute Gasteiger partial charge is 0.489 e. The van der Waals surface area contributed by atoms with E-state index in [1.165, 1.54) is 4.90 Å². The summed E-state index contributed by atoms with van der Waals surface area (Å²) in [6.07, 6.45) is -0.766. The van der Waals surface area contributed by atoms with E-state index in [9.17, 15) is 9.59 Å². The van der Waals surface area contributed by atoms with E-state index in [1.807, 2.05) is 121 Å². The molecule has 1 aliphatic rings. The van der Waals surface area contributed by atoms with Crippen molar-refractivity contribution in [1.82, 2.24) is 4.90 Å². The summed E-state index contributed by atoms with van der Waals surface area (Å²) in [4.78, 5) is 28.3. The number of imide groups is 1. The summed E-state index contributed by atoms with van der Waals surface area (Å²) in [6, 6.07) is 42.6. The van der Waals surface area contributed by atoms with E-state index in [-0.39, 0.29) is 31.8 Å². The molecule has 1 aliphatic heterocycles. The lowest BCUT2D eigenvalue weighted by atomic mass is 9.86. The lowest BCUT2D eigenvalue weighted by Gasteiger charge is -2.25. The van der Waals surface area contributed by atoms with E-state index in [0.717, 1.165) is 22.3 Å². The molecule has 2 amide bonds. The summed E-state index contributed by atoms with van der Waals surface area (Å²) in [5.74, 6) is -0.483. The van der Waals surface area contributed by atoms with Crippen LogP contribution in [0.1, 0.15) is 54.5 Å². The second kappa shape index (κ2) is 14.5. The number of rotatable bonds is 12. The Bertz CT molecular complexity index is 1790. The first-order chi connectivity index (χ1) is 22.9. The molecule has 0 aliphatic carbocycles. The molecule has 6 nitrogen and oxygen atoms in total. The third-order valence-corrected chi connectivity index (χ3v) is 7.80. The van der Waals surface area contributed by atoms with Gasteiger partial charge < -0.3 is 14.2 Å². The van der Waals surface area contributed by atoms with Crippen molar-refractivity contribution in [2.24, 2.45) is 0 Å². The Morgan fingerprint density at radius 2 is 1.38 bits per heavy atom. The summed E-state index contributed by atoms with van der Waals surface area (Å²) in [7, 11) is 0. The fraction of sp³-hybridized carbons (Fsp3) is 0.179. The lowest BCUT2D eigenvalue weighted by molar-refractivity contribution is -0.129. The van der Waals surface area contributed by atoms with E-state index in [1.54, 1.807) is 18.2 Å². The van der Waals surface area contributed by atoms with Gasteiger partial charge in [0.15, 0.2) is 0 Å². The molecule has 0 radical (unpaired) electrons. The highest BCUT2D eigenvalue weighted by molar-refractivity contribution is 5.94. The number of ether oxygens (including phenoxy) is 3. The summed E-state index contributed by atoms with van der Waals surface area (Å²) >= 11 is 0. The number of nitrogens with zero attached hydrogens (tertiary/aromatic N) is 1. The van der Waals surface area contributed by atoms with Gasteiger partial charge in [0.2, 0.25) is 5.91 Å². The molecule has 0 unspecified atom stereocenters. The predicted octanol–water partition coefficient (Wildman–Crippen LogP) is 8.22. The second-order valence-electron chi connectivity index (χ2n) is 10.8. The maximum atomic E-state index is 14.1. The minimum atomic E-state index is -2.15. The molecule has 1 heterocycles. The molecule has 0 N–H and O–H groups in total. The zero-order valence-corrected chi connectivity index (χ0v) is 24.8. The van der Waals surface area contributed by atoms with Gasteiger partial charge in [-0.25, -0.2) is 9.69 Å². The number of hydrogen-bond donors (Lipinski definition) is 0. The van der Waals surface area contributed by atoms with Gasteiger partial charge in [-0.05, 0) is 39.9 Å². The first-order valence-corrected chi connectivity index (χ1v) is 15.0. The smallest absolute Gasteiger partial charge is 0.417 e. The highest BCUT2D eigenvalue weighted by atomic mass is 16.6. The molecule has 0 aromatic heterocycles. The van der Waals surface area contributed by atoms with Gasteiger partial charge in [-0.3, -0.25) is 4.79 Å². The van der Waals surface area contributed by atoms with Crippen LogP contribution in [0, 0.1) is 0 Å². The average Bonchev–Trinajstić information content (AvgIpc) is 3.51. The van der Waals surface area contributed by atoms with Crippen molar-refractivity contribution in [3.05, 3.63) is 173 Å². The van der Waals surface area contributed by atoms with Crippen molar-refractivity contribution >= 4 is 12.0 Å². The average molecular weight is 600 g/mol. The predicted molar refractivity (Wildman–Crippen MR) is 172 cm³/mol. The van der Waals surface area contributed by atoms with Crippen LogP contribution in [0.4, 0.5) is 4.79 Å². The second-order valence-corrected chi connectivity index (χ2v) is 10.8. The van der Waals surface area contributed by atoms with Crippen molar-refractivity contribution in [3.63, 3.8) is 0 Å². The highest BCUT2D eigenvalue weighted by Crippen LogP contribution is 2.38. The molecule has 45 heavy (non-hydrogen) atoms. The van der Waals surface area contributed by atoms with Gasteiger partial charge in [0, 0.05) is 17.9 Å². The Labute approximate surface area is 266 Å². The van der Waals surface area contributed by atoms with Crippen LogP contribution in [0.15, 0.2) is 140 Å². The number of amides is 2. The first kappa shape index (κ1) is 27.4. The standard InChI is InChI=1S/C39H35NO5/c41-38(40-36(28-45-39(40)42)33-19-11-4-12-20-33)24-34(32-17-9-3-10-18-32)35-23-31(26-43-25-29-13-5-1-6-14-29)21-22-37(35)44-27-30-15-7-2-8-16-30/h1-23,34,36H,24-28H2/t34-,36+/m1/s1/i26D2. The zero-order valence-electron chi connectivity index (χ0n) is 26.8. The van der Waals surface area contributed by atoms with Crippen molar-refractivity contribution in [3.8, 4) is 5.75 Å². The van der Waals surface area contributed by atoms with E-state index < -0.39 is 30.5 Å². The molecule has 0 spiro atoms. The number of carbonyl (C=O) groups is 2. The van der Waals surface area contributed by atoms with E-state index in [0.29, 0.717) is 11.3 Å². The highest BCUT2D eigenvalue weighted by Gasteiger charge is 2.40. The topological polar surface area (TPSA) is 65.1 Å². The van der Waals surface area contributed by atoms with Gasteiger partial charge in [-0.15, -0.1) is 0 Å². The number of hydrogen-bond acceptors (Lipinski definition) is 5. The fourth-order valence-electron chi connectivity index (χ4n) is 5.51. The monoisotopic (exact) mass is 599 g/mol. The molecular weight excluding hydrogens is 562 g/mol. The molecule has 6 heteroatoms. The summed E-state index contributed by atoms with van der Waals surface area (Å²) < 4.78 is 35.2. The third kappa shape index (κ3) is 7.48. The van der Waals surface area contributed by atoms with Gasteiger partial charge in [0.05, 0.1) is 15.9 Å². The molecule has 5 aromatic rings. The summed E-state index contributed by atoms with van der Waals surface area (Å²) in [5.41, 5.74) is 4.32. The van der Waals surface area contributed by atoms with E-state index in [2.05, 4.69) is 0 Å². The minimum absolute atomic E-state index is 0.0739. The maximum absolute atomic E-state index is 14.1. The Hall–Kier alpha value is -5.20. The molecule has 6 rings (SSSR count). The van der Waals surface area contributed by atoms with Crippen molar-refractivity contribution in [1.29, 1.82) is 0 Å². The third-order valence-electron chi connectivity index (χ3n) is 7.80. The van der Waals surface area contributed by atoms with Crippen LogP contribution in [0.5, 0.6) is 5.75 Å². The van der Waals surface area contributed by atoms with Crippen LogP contribution in [0.25, 0.3) is 0 Å². The van der Waals surface area contributed by atoms with Crippen LogP contribution in [0.2, 0.25) is 0 Å². The van der Waals surface area contributed by atoms with Gasteiger partial charge >= 0.3 is 6.09 Å². The van der Waals surface area contributed by atoms with Crippen molar-refractivity contribution < 1.29 is 26.5 Å². The Balaban J connectivity index is 1.37. The van der Waals surface area contributed by atoms with Gasteiger partial charge in [-0.2, -0.15) is 0 Å². The Morgan fingerprint density at radius 1 is 0.778 bits per heavy atom. The number of cyclic esters (lactones) is 1. The summed E-state index contributed by atoms with van der Waals surface area (Å²) in [5, 5.41) is 0. The molecule has 0 bridgehead atoms. The molecule has 1 fully saturated rings. The maximum Gasteiger partial charge on any atom is 0.417 e. The normalized spacial score (nSPS) is 16.0. The fourth-order valence-corrected chi connectivity index (χ4v) is 5.51. The van der Waals surface area contributed by atoms with Crippen molar-refractivity contribution in [2.45, 2.75) is 38.2 Å². The Kier molecular flexibility index (Phi) is 8.82. The quantitative estimate of drug-likeness (QED) is 0.145. The number of benzene rings is 5. The van der Waals surface area contributed by atoms with Gasteiger partial charge in [-0.1, -0.05) is 127 Å².